The summed E-state index contributed by atoms with van der Waals surface area (Å²) in [4.78, 5) is 2.38. The summed E-state index contributed by atoms with van der Waals surface area (Å²) in [5.74, 6) is 0. The second-order valence-electron chi connectivity index (χ2n) is 16.0. The Morgan fingerprint density at radius 1 is 0.355 bits per heavy atom. The van der Waals surface area contributed by atoms with Gasteiger partial charge in [-0.25, -0.2) is 0 Å². The fraction of sp³-hybridized carbons (Fsp3) is 0. The van der Waals surface area contributed by atoms with Crippen molar-refractivity contribution in [1.29, 1.82) is 0 Å². The molecule has 0 aliphatic heterocycles. The summed E-state index contributed by atoms with van der Waals surface area (Å²) in [6, 6.07) is 77.9. The van der Waals surface area contributed by atoms with Crippen LogP contribution in [0.3, 0.4) is 0 Å². The van der Waals surface area contributed by atoms with Crippen LogP contribution in [0.25, 0.3) is 104 Å². The minimum atomic E-state index is 0.850. The third kappa shape index (κ3) is 5.20. The number of rotatable bonds is 6. The molecule has 290 valence electrons. The van der Waals surface area contributed by atoms with E-state index in [4.69, 9.17) is 8.83 Å². The number of benzene rings is 10. The summed E-state index contributed by atoms with van der Waals surface area (Å²) in [5, 5.41) is 9.13. The number of hydrogen-bond donors (Lipinski definition) is 0. The molecule has 62 heavy (non-hydrogen) atoms. The smallest absolute Gasteiger partial charge is 0.143 e. The molecule has 0 aliphatic rings. The Balaban J connectivity index is 1.02. The van der Waals surface area contributed by atoms with Gasteiger partial charge in [-0.3, -0.25) is 0 Å². The first kappa shape index (κ1) is 34.5. The topological polar surface area (TPSA) is 34.5 Å². The van der Waals surface area contributed by atoms with Gasteiger partial charge in [0, 0.05) is 49.4 Å². The number of aromatic nitrogens is 1. The van der Waals surface area contributed by atoms with E-state index in [-0.39, 0.29) is 0 Å². The van der Waals surface area contributed by atoms with E-state index in [9.17, 15) is 0 Å². The summed E-state index contributed by atoms with van der Waals surface area (Å²) in [5.41, 5.74) is 14.8. The molecule has 0 radical (unpaired) electrons. The van der Waals surface area contributed by atoms with Crippen LogP contribution in [0, 0.1) is 0 Å². The van der Waals surface area contributed by atoms with Gasteiger partial charge in [-0.1, -0.05) is 140 Å². The number of nitrogens with zero attached hydrogens (tertiary/aromatic N) is 2. The lowest BCUT2D eigenvalue weighted by atomic mass is 9.97. The largest absolute Gasteiger partial charge is 0.456 e. The van der Waals surface area contributed by atoms with E-state index in [0.29, 0.717) is 0 Å². The first-order valence-corrected chi connectivity index (χ1v) is 21.1. The van der Waals surface area contributed by atoms with Crippen LogP contribution in [0.5, 0.6) is 0 Å². The maximum Gasteiger partial charge on any atom is 0.143 e. The van der Waals surface area contributed by atoms with Crippen LogP contribution in [0.2, 0.25) is 0 Å². The lowest BCUT2D eigenvalue weighted by molar-refractivity contribution is 0.669. The van der Waals surface area contributed by atoms with E-state index in [1.807, 2.05) is 12.1 Å². The SMILES string of the molecule is c1ccc(-n2c3ccccc3c3c(-c4ccc(N(c5cccc(-c6cccc7oc8ccccc8c67)c5)c5cccc6oc7c8ccccc8ccc7c56)cc4)cccc32)cc1. The molecule has 4 nitrogen and oxygen atoms in total. The molecular weight excluding hydrogens is 757 g/mol. The summed E-state index contributed by atoms with van der Waals surface area (Å²) in [7, 11) is 0. The molecule has 0 amide bonds. The highest BCUT2D eigenvalue weighted by molar-refractivity contribution is 6.20. The van der Waals surface area contributed by atoms with Crippen molar-refractivity contribution < 1.29 is 8.83 Å². The van der Waals surface area contributed by atoms with E-state index in [1.54, 1.807) is 0 Å². The van der Waals surface area contributed by atoms with Crippen molar-refractivity contribution in [1.82, 2.24) is 4.57 Å². The minimum Gasteiger partial charge on any atom is -0.456 e. The number of furan rings is 2. The maximum atomic E-state index is 6.75. The van der Waals surface area contributed by atoms with Gasteiger partial charge in [-0.15, -0.1) is 0 Å². The van der Waals surface area contributed by atoms with Crippen molar-refractivity contribution >= 4 is 93.5 Å². The van der Waals surface area contributed by atoms with Crippen molar-refractivity contribution in [2.45, 2.75) is 0 Å². The molecule has 13 rings (SSSR count). The molecule has 4 heteroatoms. The minimum absolute atomic E-state index is 0.850. The Morgan fingerprint density at radius 3 is 1.89 bits per heavy atom. The summed E-state index contributed by atoms with van der Waals surface area (Å²) in [6.07, 6.45) is 0. The zero-order valence-electron chi connectivity index (χ0n) is 33.5. The second kappa shape index (κ2) is 13.6. The molecular formula is C58H36N2O2. The Hall–Kier alpha value is -8.34. The lowest BCUT2D eigenvalue weighted by Crippen LogP contribution is -2.10. The zero-order chi connectivity index (χ0) is 40.7. The van der Waals surface area contributed by atoms with Crippen LogP contribution >= 0.6 is 0 Å². The monoisotopic (exact) mass is 792 g/mol. The van der Waals surface area contributed by atoms with Crippen LogP contribution in [-0.2, 0) is 0 Å². The van der Waals surface area contributed by atoms with Crippen LogP contribution < -0.4 is 4.90 Å². The molecule has 3 heterocycles. The average molecular weight is 793 g/mol. The fourth-order valence-corrected chi connectivity index (χ4v) is 9.88. The van der Waals surface area contributed by atoms with Crippen LogP contribution in [0.1, 0.15) is 0 Å². The zero-order valence-corrected chi connectivity index (χ0v) is 33.5. The van der Waals surface area contributed by atoms with Crippen LogP contribution in [0.15, 0.2) is 227 Å². The van der Waals surface area contributed by atoms with E-state index in [1.165, 1.54) is 27.4 Å². The number of anilines is 3. The quantitative estimate of drug-likeness (QED) is 0.168. The summed E-state index contributed by atoms with van der Waals surface area (Å²) in [6.45, 7) is 0. The van der Waals surface area contributed by atoms with Gasteiger partial charge in [-0.2, -0.15) is 0 Å². The Kier molecular flexibility index (Phi) is 7.57. The van der Waals surface area contributed by atoms with Gasteiger partial charge in [0.05, 0.1) is 22.1 Å². The molecule has 0 bridgehead atoms. The average Bonchev–Trinajstić information content (AvgIpc) is 4.03. The van der Waals surface area contributed by atoms with Gasteiger partial charge in [-0.05, 0) is 107 Å². The molecule has 13 aromatic rings. The Labute approximate surface area is 356 Å². The maximum absolute atomic E-state index is 6.75. The van der Waals surface area contributed by atoms with Crippen molar-refractivity contribution in [3.8, 4) is 27.9 Å². The van der Waals surface area contributed by atoms with Crippen LogP contribution in [0.4, 0.5) is 17.1 Å². The number of hydrogen-bond acceptors (Lipinski definition) is 3. The van der Waals surface area contributed by atoms with Crippen LogP contribution in [-0.4, -0.2) is 4.57 Å². The molecule has 10 aromatic carbocycles. The number of fused-ring (bicyclic) bond motifs is 11. The van der Waals surface area contributed by atoms with Crippen molar-refractivity contribution in [3.05, 3.63) is 218 Å². The fourth-order valence-electron chi connectivity index (χ4n) is 9.88. The predicted molar refractivity (Wildman–Crippen MR) is 258 cm³/mol. The van der Waals surface area contributed by atoms with Crippen molar-refractivity contribution in [2.75, 3.05) is 4.90 Å². The van der Waals surface area contributed by atoms with E-state index in [0.717, 1.165) is 94.1 Å². The lowest BCUT2D eigenvalue weighted by Gasteiger charge is -2.27. The third-order valence-electron chi connectivity index (χ3n) is 12.6. The van der Waals surface area contributed by atoms with Gasteiger partial charge < -0.3 is 18.3 Å². The number of para-hydroxylation sites is 3. The second-order valence-corrected chi connectivity index (χ2v) is 16.0. The Bertz CT molecular complexity index is 3870. The first-order chi connectivity index (χ1) is 30.8. The van der Waals surface area contributed by atoms with Crippen molar-refractivity contribution in [3.63, 3.8) is 0 Å². The molecule has 0 unspecified atom stereocenters. The van der Waals surface area contributed by atoms with E-state index < -0.39 is 0 Å². The van der Waals surface area contributed by atoms with E-state index in [2.05, 4.69) is 216 Å². The first-order valence-electron chi connectivity index (χ1n) is 21.1. The molecule has 0 spiro atoms. The van der Waals surface area contributed by atoms with Gasteiger partial charge in [0.25, 0.3) is 0 Å². The van der Waals surface area contributed by atoms with Gasteiger partial charge in [0.15, 0.2) is 0 Å². The van der Waals surface area contributed by atoms with Gasteiger partial charge >= 0.3 is 0 Å². The molecule has 0 aliphatic carbocycles. The highest BCUT2D eigenvalue weighted by Gasteiger charge is 2.22. The van der Waals surface area contributed by atoms with Gasteiger partial charge in [0.1, 0.15) is 22.3 Å². The summed E-state index contributed by atoms with van der Waals surface area (Å²) < 4.78 is 15.5. The normalized spacial score (nSPS) is 11.9. The van der Waals surface area contributed by atoms with Gasteiger partial charge in [0.2, 0.25) is 0 Å². The molecule has 0 saturated heterocycles. The molecule has 0 atom stereocenters. The highest BCUT2D eigenvalue weighted by Crippen LogP contribution is 2.47. The third-order valence-corrected chi connectivity index (χ3v) is 12.6. The molecule has 0 N–H and O–H groups in total. The molecule has 0 fully saturated rings. The Morgan fingerprint density at radius 2 is 1.02 bits per heavy atom. The summed E-state index contributed by atoms with van der Waals surface area (Å²) >= 11 is 0. The predicted octanol–water partition coefficient (Wildman–Crippen LogP) is 16.5. The standard InChI is InChI=1S/C58H36N2O2/c1-2-16-40(17-3-1)60-49-24-8-6-20-46(49)55-43(22-11-25-50(55)60)38-30-33-41(34-31-38)59(51-26-13-29-54-57(51)48-35-32-37-14-4-5-19-45(37)58(48)62-54)42-18-10-15-39(36-42)44-23-12-28-53-56(44)47-21-7-9-27-52(47)61-53/h1-36H. The van der Waals surface area contributed by atoms with Crippen molar-refractivity contribution in [2.24, 2.45) is 0 Å². The van der Waals surface area contributed by atoms with E-state index >= 15 is 0 Å². The molecule has 0 saturated carbocycles. The molecule has 3 aromatic heterocycles. The highest BCUT2D eigenvalue weighted by atomic mass is 16.3.